The Morgan fingerprint density at radius 3 is 2.37 bits per heavy atom. The minimum absolute atomic E-state index is 0.146. The quantitative estimate of drug-likeness (QED) is 0.542. The molecule has 0 bridgehead atoms. The van der Waals surface area contributed by atoms with E-state index in [4.69, 9.17) is 14.2 Å². The van der Waals surface area contributed by atoms with Crippen molar-refractivity contribution < 1.29 is 23.8 Å². The highest BCUT2D eigenvalue weighted by molar-refractivity contribution is 5.79. The zero-order chi connectivity index (χ0) is 14.3. The van der Waals surface area contributed by atoms with Gasteiger partial charge in [-0.25, -0.2) is 9.59 Å². The van der Waals surface area contributed by atoms with E-state index >= 15 is 0 Å². The molecule has 19 heavy (non-hydrogen) atoms. The molecule has 5 nitrogen and oxygen atoms in total. The number of hydrogen-bond acceptors (Lipinski definition) is 5. The van der Waals surface area contributed by atoms with Crippen molar-refractivity contribution in [1.29, 1.82) is 0 Å². The predicted molar refractivity (Wildman–Crippen MR) is 68.4 cm³/mol. The Morgan fingerprint density at radius 1 is 1.26 bits per heavy atom. The molecule has 0 aromatic rings. The standard InChI is InChI=1S/C14H20O5/c1-4-8-17-13(15)11-6-7-12(19-11)14(16)18-9-10(3)5-2/h11-12H,2,4,6-9H2,1,3H3. The van der Waals surface area contributed by atoms with Crippen LogP contribution in [0.2, 0.25) is 0 Å². The molecule has 1 aliphatic rings. The Balaban J connectivity index is 2.36. The fraction of sp³-hybridized carbons (Fsp3) is 0.643. The molecule has 0 aromatic carbocycles. The van der Waals surface area contributed by atoms with Gasteiger partial charge >= 0.3 is 11.9 Å². The first-order chi connectivity index (χ1) is 9.08. The summed E-state index contributed by atoms with van der Waals surface area (Å²) in [6.45, 7) is 7.65. The first kappa shape index (κ1) is 15.5. The van der Waals surface area contributed by atoms with E-state index in [1.54, 1.807) is 6.92 Å². The molecule has 0 aliphatic carbocycles. The second-order valence-electron chi connectivity index (χ2n) is 4.42. The molecule has 1 heterocycles. The first-order valence-electron chi connectivity index (χ1n) is 6.42. The summed E-state index contributed by atoms with van der Waals surface area (Å²) >= 11 is 0. The summed E-state index contributed by atoms with van der Waals surface area (Å²) in [5.74, 6) is -0.861. The van der Waals surface area contributed by atoms with Gasteiger partial charge in [0.2, 0.25) is 0 Å². The van der Waals surface area contributed by atoms with Crippen molar-refractivity contribution in [3.8, 4) is 0 Å². The average Bonchev–Trinajstić information content (AvgIpc) is 2.91. The van der Waals surface area contributed by atoms with E-state index in [1.165, 1.54) is 0 Å². The highest BCUT2D eigenvalue weighted by atomic mass is 16.6. The molecule has 1 aliphatic heterocycles. The predicted octanol–water partition coefficient (Wildman–Crippen LogP) is 1.76. The molecule has 0 spiro atoms. The van der Waals surface area contributed by atoms with Crippen molar-refractivity contribution in [1.82, 2.24) is 0 Å². The van der Waals surface area contributed by atoms with Crippen LogP contribution in [-0.2, 0) is 23.8 Å². The van der Waals surface area contributed by atoms with Gasteiger partial charge in [0.15, 0.2) is 12.2 Å². The van der Waals surface area contributed by atoms with Crippen LogP contribution in [0.4, 0.5) is 0 Å². The van der Waals surface area contributed by atoms with Gasteiger partial charge in [-0.05, 0) is 26.2 Å². The van der Waals surface area contributed by atoms with Crippen LogP contribution in [0, 0.1) is 0 Å². The molecular formula is C14H20O5. The van der Waals surface area contributed by atoms with Crippen molar-refractivity contribution in [2.24, 2.45) is 0 Å². The average molecular weight is 268 g/mol. The highest BCUT2D eigenvalue weighted by Gasteiger charge is 2.36. The number of esters is 2. The van der Waals surface area contributed by atoms with Crippen molar-refractivity contribution in [2.45, 2.75) is 45.3 Å². The Kier molecular flexibility index (Phi) is 6.33. The molecule has 1 rings (SSSR count). The molecular weight excluding hydrogens is 248 g/mol. The van der Waals surface area contributed by atoms with Crippen molar-refractivity contribution in [3.63, 3.8) is 0 Å². The largest absolute Gasteiger partial charge is 0.464 e. The molecule has 2 unspecified atom stereocenters. The topological polar surface area (TPSA) is 61.8 Å². The van der Waals surface area contributed by atoms with Crippen LogP contribution < -0.4 is 0 Å². The van der Waals surface area contributed by atoms with E-state index in [2.05, 4.69) is 12.3 Å². The molecule has 0 amide bonds. The van der Waals surface area contributed by atoms with Gasteiger partial charge in [0.05, 0.1) is 6.61 Å². The van der Waals surface area contributed by atoms with Crippen LogP contribution in [0.25, 0.3) is 0 Å². The molecule has 2 atom stereocenters. The summed E-state index contributed by atoms with van der Waals surface area (Å²) in [4.78, 5) is 23.3. The maximum atomic E-state index is 11.7. The fourth-order valence-electron chi connectivity index (χ4n) is 1.60. The van der Waals surface area contributed by atoms with Crippen LogP contribution in [0.15, 0.2) is 17.9 Å². The second kappa shape index (κ2) is 7.77. The van der Waals surface area contributed by atoms with Crippen LogP contribution >= 0.6 is 0 Å². The van der Waals surface area contributed by atoms with Gasteiger partial charge in [0.1, 0.15) is 6.61 Å². The summed E-state index contributed by atoms with van der Waals surface area (Å²) < 4.78 is 15.4. The number of carbonyl (C=O) groups excluding carboxylic acids is 2. The smallest absolute Gasteiger partial charge is 0.335 e. The summed E-state index contributed by atoms with van der Waals surface area (Å²) in [5, 5.41) is 0. The Morgan fingerprint density at radius 2 is 1.84 bits per heavy atom. The number of rotatable bonds is 6. The van der Waals surface area contributed by atoms with Gasteiger partial charge in [0, 0.05) is 5.57 Å². The lowest BCUT2D eigenvalue weighted by Gasteiger charge is -2.12. The lowest BCUT2D eigenvalue weighted by molar-refractivity contribution is -0.164. The van der Waals surface area contributed by atoms with E-state index < -0.39 is 24.1 Å². The number of hydrogen-bond donors (Lipinski definition) is 0. The maximum absolute atomic E-state index is 11.7. The SMILES string of the molecule is C=C=C(C)COC(=O)C1CCC(C(=O)OCCC)O1. The molecule has 0 saturated carbocycles. The lowest BCUT2D eigenvalue weighted by atomic mass is 10.2. The Labute approximate surface area is 113 Å². The fourth-order valence-corrected chi connectivity index (χ4v) is 1.60. The van der Waals surface area contributed by atoms with Crippen LogP contribution in [0.3, 0.4) is 0 Å². The molecule has 106 valence electrons. The first-order valence-corrected chi connectivity index (χ1v) is 6.42. The molecule has 0 radical (unpaired) electrons. The van der Waals surface area contributed by atoms with Gasteiger partial charge in [-0.1, -0.05) is 13.5 Å². The van der Waals surface area contributed by atoms with Gasteiger partial charge in [-0.15, -0.1) is 5.73 Å². The summed E-state index contributed by atoms with van der Waals surface area (Å²) in [5.41, 5.74) is 3.38. The minimum Gasteiger partial charge on any atom is -0.464 e. The third kappa shape index (κ3) is 4.89. The van der Waals surface area contributed by atoms with E-state index in [9.17, 15) is 9.59 Å². The zero-order valence-corrected chi connectivity index (χ0v) is 11.4. The normalized spacial score (nSPS) is 21.6. The maximum Gasteiger partial charge on any atom is 0.335 e. The Hall–Kier alpha value is -1.58. The molecule has 5 heteroatoms. The minimum atomic E-state index is -0.684. The van der Waals surface area contributed by atoms with Crippen molar-refractivity contribution >= 4 is 11.9 Å². The monoisotopic (exact) mass is 268 g/mol. The molecule has 0 aromatic heterocycles. The molecule has 0 N–H and O–H groups in total. The van der Waals surface area contributed by atoms with Crippen LogP contribution in [-0.4, -0.2) is 37.4 Å². The number of ether oxygens (including phenoxy) is 3. The van der Waals surface area contributed by atoms with Crippen LogP contribution in [0.1, 0.15) is 33.1 Å². The second-order valence-corrected chi connectivity index (χ2v) is 4.42. The van der Waals surface area contributed by atoms with E-state index in [0.29, 0.717) is 19.4 Å². The molecule has 1 fully saturated rings. The van der Waals surface area contributed by atoms with Crippen LogP contribution in [0.5, 0.6) is 0 Å². The number of carbonyl (C=O) groups is 2. The van der Waals surface area contributed by atoms with Crippen molar-refractivity contribution in [2.75, 3.05) is 13.2 Å². The van der Waals surface area contributed by atoms with Gasteiger partial charge in [-0.2, -0.15) is 0 Å². The zero-order valence-electron chi connectivity index (χ0n) is 11.4. The van der Waals surface area contributed by atoms with E-state index in [-0.39, 0.29) is 6.61 Å². The van der Waals surface area contributed by atoms with Gasteiger partial charge in [-0.3, -0.25) is 0 Å². The summed E-state index contributed by atoms with van der Waals surface area (Å²) in [6.07, 6.45) is 0.383. The summed E-state index contributed by atoms with van der Waals surface area (Å²) in [7, 11) is 0. The molecule has 1 saturated heterocycles. The van der Waals surface area contributed by atoms with E-state index in [1.807, 2.05) is 6.92 Å². The third-order valence-corrected chi connectivity index (χ3v) is 2.73. The lowest BCUT2D eigenvalue weighted by Crippen LogP contribution is -2.28. The highest BCUT2D eigenvalue weighted by Crippen LogP contribution is 2.22. The summed E-state index contributed by atoms with van der Waals surface area (Å²) in [6, 6.07) is 0. The van der Waals surface area contributed by atoms with Gasteiger partial charge in [0.25, 0.3) is 0 Å². The van der Waals surface area contributed by atoms with Gasteiger partial charge < -0.3 is 14.2 Å². The van der Waals surface area contributed by atoms with E-state index in [0.717, 1.165) is 12.0 Å². The third-order valence-electron chi connectivity index (χ3n) is 2.73. The van der Waals surface area contributed by atoms with Crippen molar-refractivity contribution in [3.05, 3.63) is 17.9 Å². The Bertz CT molecular complexity index is 381.